The van der Waals surface area contributed by atoms with Crippen LogP contribution in [-0.4, -0.2) is 18.5 Å². The molecule has 2 aromatic rings. The minimum absolute atomic E-state index is 0.264. The Morgan fingerprint density at radius 1 is 1.24 bits per heavy atom. The highest BCUT2D eigenvalue weighted by molar-refractivity contribution is 6.40. The summed E-state index contributed by atoms with van der Waals surface area (Å²) in [6.07, 6.45) is 2.49. The molecule has 0 aromatic heterocycles. The Hall–Kier alpha value is -2.37. The fraction of sp³-hybridized carbons (Fsp3) is 0.111. The van der Waals surface area contributed by atoms with E-state index >= 15 is 0 Å². The molecule has 2 aromatic carbocycles. The molecule has 0 spiro atoms. The highest BCUT2D eigenvalue weighted by Crippen LogP contribution is 2.32. The third kappa shape index (κ3) is 5.59. The lowest BCUT2D eigenvalue weighted by atomic mass is 10.2. The second-order valence-corrected chi connectivity index (χ2v) is 5.88. The molecule has 0 aliphatic carbocycles. The molecule has 0 bridgehead atoms. The number of carbonyl (C=O) groups is 2. The number of rotatable bonds is 5. The molecular weight excluding hydrogens is 368 g/mol. The number of amides is 1. The minimum Gasteiger partial charge on any atom is -0.452 e. The lowest BCUT2D eigenvalue weighted by molar-refractivity contribution is -0.142. The number of nitrogens with one attached hydrogen (secondary N) is 1. The number of benzene rings is 2. The van der Waals surface area contributed by atoms with Crippen LogP contribution in [-0.2, 0) is 14.3 Å². The number of esters is 1. The molecule has 0 aliphatic rings. The third-order valence-corrected chi connectivity index (χ3v) is 3.96. The highest BCUT2D eigenvalue weighted by Gasteiger charge is 2.12. The number of ether oxygens (including phenoxy) is 1. The van der Waals surface area contributed by atoms with E-state index in [9.17, 15) is 14.0 Å². The maximum Gasteiger partial charge on any atom is 0.331 e. The summed E-state index contributed by atoms with van der Waals surface area (Å²) in [6, 6.07) is 9.02. The van der Waals surface area contributed by atoms with Crippen LogP contribution < -0.4 is 5.32 Å². The quantitative estimate of drug-likeness (QED) is 0.606. The van der Waals surface area contributed by atoms with Gasteiger partial charge in [-0.1, -0.05) is 41.4 Å². The van der Waals surface area contributed by atoms with Crippen molar-refractivity contribution in [3.05, 3.63) is 69.5 Å². The summed E-state index contributed by atoms with van der Waals surface area (Å²) in [6.45, 7) is 1.26. The van der Waals surface area contributed by atoms with Crippen molar-refractivity contribution < 1.29 is 18.7 Å². The zero-order valence-electron chi connectivity index (χ0n) is 13.2. The van der Waals surface area contributed by atoms with Gasteiger partial charge in [0.1, 0.15) is 5.82 Å². The van der Waals surface area contributed by atoms with Crippen LogP contribution >= 0.6 is 23.2 Å². The van der Waals surface area contributed by atoms with Crippen LogP contribution in [0.15, 0.2) is 42.5 Å². The van der Waals surface area contributed by atoms with Crippen molar-refractivity contribution in [3.63, 3.8) is 0 Å². The Morgan fingerprint density at radius 3 is 2.72 bits per heavy atom. The molecule has 0 aliphatic heterocycles. The van der Waals surface area contributed by atoms with Crippen molar-refractivity contribution in [2.24, 2.45) is 0 Å². The Labute approximate surface area is 154 Å². The van der Waals surface area contributed by atoms with E-state index in [0.29, 0.717) is 10.6 Å². The fourth-order valence-electron chi connectivity index (χ4n) is 1.91. The molecule has 0 unspecified atom stereocenters. The summed E-state index contributed by atoms with van der Waals surface area (Å²) < 4.78 is 17.8. The first-order chi connectivity index (χ1) is 11.9. The van der Waals surface area contributed by atoms with Crippen LogP contribution in [0.2, 0.25) is 10.0 Å². The van der Waals surface area contributed by atoms with Crippen LogP contribution in [0.5, 0.6) is 0 Å². The van der Waals surface area contributed by atoms with Gasteiger partial charge in [0.25, 0.3) is 5.91 Å². The maximum absolute atomic E-state index is 13.0. The molecular formula is C18H14Cl2FNO3. The predicted molar refractivity (Wildman–Crippen MR) is 96.2 cm³/mol. The molecule has 0 radical (unpaired) electrons. The maximum atomic E-state index is 13.0. The van der Waals surface area contributed by atoms with Gasteiger partial charge in [-0.05, 0) is 42.3 Å². The molecule has 130 valence electrons. The molecule has 0 saturated carbocycles. The van der Waals surface area contributed by atoms with E-state index in [2.05, 4.69) is 5.32 Å². The van der Waals surface area contributed by atoms with Gasteiger partial charge in [-0.2, -0.15) is 0 Å². The Balaban J connectivity index is 1.90. The minimum atomic E-state index is -0.735. The van der Waals surface area contributed by atoms with Gasteiger partial charge in [0.2, 0.25) is 0 Å². The summed E-state index contributed by atoms with van der Waals surface area (Å²) in [5, 5.41) is 3.10. The lowest BCUT2D eigenvalue weighted by Crippen LogP contribution is -2.20. The van der Waals surface area contributed by atoms with Gasteiger partial charge in [-0.25, -0.2) is 9.18 Å². The molecule has 0 fully saturated rings. The van der Waals surface area contributed by atoms with Crippen molar-refractivity contribution >= 4 is 46.8 Å². The second-order valence-electron chi connectivity index (χ2n) is 5.10. The van der Waals surface area contributed by atoms with Gasteiger partial charge in [0.15, 0.2) is 6.61 Å². The van der Waals surface area contributed by atoms with Gasteiger partial charge in [-0.15, -0.1) is 0 Å². The van der Waals surface area contributed by atoms with E-state index in [1.54, 1.807) is 25.1 Å². The SMILES string of the molecule is Cc1ccc(Cl)c(NC(=O)COC(=O)/C=C/c2cccc(F)c2)c1Cl. The average molecular weight is 382 g/mol. The van der Waals surface area contributed by atoms with Crippen LogP contribution in [0.4, 0.5) is 10.1 Å². The fourth-order valence-corrected chi connectivity index (χ4v) is 2.37. The van der Waals surface area contributed by atoms with E-state index in [1.807, 2.05) is 0 Å². The van der Waals surface area contributed by atoms with Gasteiger partial charge in [0.05, 0.1) is 15.7 Å². The van der Waals surface area contributed by atoms with Crippen molar-refractivity contribution in [3.8, 4) is 0 Å². The topological polar surface area (TPSA) is 55.4 Å². The van der Waals surface area contributed by atoms with Crippen molar-refractivity contribution in [1.29, 1.82) is 0 Å². The number of hydrogen-bond acceptors (Lipinski definition) is 3. The van der Waals surface area contributed by atoms with Crippen molar-refractivity contribution in [2.75, 3.05) is 11.9 Å². The van der Waals surface area contributed by atoms with E-state index in [-0.39, 0.29) is 10.7 Å². The number of anilines is 1. The van der Waals surface area contributed by atoms with Crippen LogP contribution in [0.25, 0.3) is 6.08 Å². The van der Waals surface area contributed by atoms with E-state index in [0.717, 1.165) is 11.6 Å². The molecule has 2 rings (SSSR count). The Kier molecular flexibility index (Phi) is 6.56. The zero-order chi connectivity index (χ0) is 18.4. The Bertz CT molecular complexity index is 837. The number of aryl methyl sites for hydroxylation is 1. The van der Waals surface area contributed by atoms with Gasteiger partial charge < -0.3 is 10.1 Å². The Morgan fingerprint density at radius 2 is 2.00 bits per heavy atom. The molecule has 4 nitrogen and oxygen atoms in total. The van der Waals surface area contributed by atoms with E-state index in [1.165, 1.54) is 24.3 Å². The van der Waals surface area contributed by atoms with Gasteiger partial charge >= 0.3 is 5.97 Å². The summed E-state index contributed by atoms with van der Waals surface area (Å²) in [7, 11) is 0. The van der Waals surface area contributed by atoms with Gasteiger partial charge in [-0.3, -0.25) is 4.79 Å². The van der Waals surface area contributed by atoms with Crippen molar-refractivity contribution in [2.45, 2.75) is 6.92 Å². The normalized spacial score (nSPS) is 10.7. The summed E-state index contributed by atoms with van der Waals surface area (Å²) in [5.41, 5.74) is 1.51. The van der Waals surface area contributed by atoms with E-state index < -0.39 is 24.3 Å². The average Bonchev–Trinajstić information content (AvgIpc) is 2.58. The van der Waals surface area contributed by atoms with E-state index in [4.69, 9.17) is 27.9 Å². The first kappa shape index (κ1) is 19.0. The first-order valence-electron chi connectivity index (χ1n) is 7.21. The monoisotopic (exact) mass is 381 g/mol. The largest absolute Gasteiger partial charge is 0.452 e. The van der Waals surface area contributed by atoms with Crippen molar-refractivity contribution in [1.82, 2.24) is 0 Å². The molecule has 7 heteroatoms. The molecule has 0 saturated heterocycles. The molecule has 0 atom stereocenters. The van der Waals surface area contributed by atoms with Crippen LogP contribution in [0, 0.1) is 12.7 Å². The zero-order valence-corrected chi connectivity index (χ0v) is 14.7. The predicted octanol–water partition coefficient (Wildman–Crippen LogP) is 4.64. The standard InChI is InChI=1S/C18H14Cl2FNO3/c1-11-5-7-14(19)18(17(11)20)22-15(23)10-25-16(24)8-6-12-3-2-4-13(21)9-12/h2-9H,10H2,1H3,(H,22,23)/b8-6+. The third-order valence-electron chi connectivity index (χ3n) is 3.15. The number of carbonyl (C=O) groups excluding carboxylic acids is 2. The van der Waals surface area contributed by atoms with Gasteiger partial charge in [0, 0.05) is 6.08 Å². The first-order valence-corrected chi connectivity index (χ1v) is 7.97. The number of halogens is 3. The number of hydrogen-bond donors (Lipinski definition) is 1. The summed E-state index contributed by atoms with van der Waals surface area (Å²) >= 11 is 12.1. The lowest BCUT2D eigenvalue weighted by Gasteiger charge is -2.11. The highest BCUT2D eigenvalue weighted by atomic mass is 35.5. The molecule has 1 N–H and O–H groups in total. The molecule has 25 heavy (non-hydrogen) atoms. The smallest absolute Gasteiger partial charge is 0.331 e. The molecule has 1 amide bonds. The molecule has 0 heterocycles. The summed E-state index contributed by atoms with van der Waals surface area (Å²) in [4.78, 5) is 23.5. The van der Waals surface area contributed by atoms with Crippen LogP contribution in [0.3, 0.4) is 0 Å². The second kappa shape index (κ2) is 8.65. The van der Waals surface area contributed by atoms with Crippen LogP contribution in [0.1, 0.15) is 11.1 Å². The summed E-state index contributed by atoms with van der Waals surface area (Å²) in [5.74, 6) is -1.73.